The lowest BCUT2D eigenvalue weighted by Crippen LogP contribution is -2.62. The summed E-state index contributed by atoms with van der Waals surface area (Å²) in [4.78, 5) is 3.83. The van der Waals surface area contributed by atoms with Crippen molar-refractivity contribution in [3.05, 3.63) is 35.9 Å². The van der Waals surface area contributed by atoms with Gasteiger partial charge >= 0.3 is 6.23 Å². The van der Waals surface area contributed by atoms with Gasteiger partial charge in [-0.05, 0) is 12.1 Å². The molecule has 16 heavy (non-hydrogen) atoms. The van der Waals surface area contributed by atoms with Gasteiger partial charge in [0.05, 0.1) is 14.5 Å². The van der Waals surface area contributed by atoms with Crippen LogP contribution in [0, 0.1) is 10.2 Å². The summed E-state index contributed by atoms with van der Waals surface area (Å²) >= 11 is 0. The van der Waals surface area contributed by atoms with Crippen LogP contribution in [0.25, 0.3) is 0 Å². The van der Waals surface area contributed by atoms with Gasteiger partial charge in [-0.1, -0.05) is 18.2 Å². The molecule has 1 unspecified atom stereocenters. The summed E-state index contributed by atoms with van der Waals surface area (Å²) in [5, 5.41) is 0. The van der Waals surface area contributed by atoms with Gasteiger partial charge in [-0.3, -0.25) is 0 Å². The van der Waals surface area contributed by atoms with E-state index in [0.29, 0.717) is 5.56 Å². The van der Waals surface area contributed by atoms with E-state index in [0.717, 1.165) is 0 Å². The van der Waals surface area contributed by atoms with Crippen molar-refractivity contribution < 1.29 is 33.2 Å². The van der Waals surface area contributed by atoms with Crippen LogP contribution in [0.5, 0.6) is 0 Å². The Morgan fingerprint density at radius 2 is 1.94 bits per heavy atom. The van der Waals surface area contributed by atoms with Crippen molar-refractivity contribution in [2.45, 2.75) is 6.23 Å². The normalized spacial score (nSPS) is 20.4. The van der Waals surface area contributed by atoms with Crippen LogP contribution in [0.3, 0.4) is 0 Å². The largest absolute Gasteiger partial charge is 0.472 e. The maximum absolute atomic E-state index is 10.3. The third-order valence-corrected chi connectivity index (χ3v) is 2.28. The minimum atomic E-state index is -4.48. The van der Waals surface area contributed by atoms with Crippen LogP contribution in [0.1, 0.15) is 5.56 Å². The average Bonchev–Trinajstić information content (AvgIpc) is 2.65. The van der Waals surface area contributed by atoms with Crippen molar-refractivity contribution in [3.63, 3.8) is 0 Å². The monoisotopic (exact) mass is 245 g/mol. The third-order valence-electron chi connectivity index (χ3n) is 1.86. The summed E-state index contributed by atoms with van der Waals surface area (Å²) in [6, 6.07) is 8.92. The molecule has 1 aromatic carbocycles. The zero-order valence-electron chi connectivity index (χ0n) is 8.04. The molecular weight excluding hydrogens is 238 g/mol. The second kappa shape index (κ2) is 4.36. The molecule has 7 heteroatoms. The summed E-state index contributed by atoms with van der Waals surface area (Å²) < 4.78 is 40.1. The smallest absolute Gasteiger partial charge is 0.340 e. The fraction of sp³-hybridized carbons (Fsp3) is 0.222. The lowest BCUT2D eigenvalue weighted by molar-refractivity contribution is -1.92. The fourth-order valence-corrected chi connectivity index (χ4v) is 1.61. The first kappa shape index (κ1) is 11.3. The molecule has 2 rings (SSSR count). The van der Waals surface area contributed by atoms with Crippen LogP contribution in [0.2, 0.25) is 0 Å². The second-order valence-electron chi connectivity index (χ2n) is 3.03. The van der Waals surface area contributed by atoms with E-state index < -0.39 is 16.5 Å². The average molecular weight is 246 g/mol. The van der Waals surface area contributed by atoms with Crippen LogP contribution < -0.4 is 14.0 Å². The fourth-order valence-electron chi connectivity index (χ4n) is 1.27. The van der Waals surface area contributed by atoms with E-state index in [1.165, 1.54) is 0 Å². The van der Waals surface area contributed by atoms with Crippen molar-refractivity contribution in [2.75, 3.05) is 6.61 Å². The lowest BCUT2D eigenvalue weighted by Gasteiger charge is -2.13. The molecule has 0 bridgehead atoms. The standard InChI is InChI=1S/C9H8ClNO5/c12-10(13,14)16-8-6-15-9(11-8)7-4-2-1-3-5-7/h1-5,8H,6H2. The Labute approximate surface area is 93.5 Å². The van der Waals surface area contributed by atoms with E-state index in [2.05, 4.69) is 9.28 Å². The molecule has 6 nitrogen and oxygen atoms in total. The van der Waals surface area contributed by atoms with Gasteiger partial charge in [-0.15, -0.1) is 0 Å². The molecule has 1 aliphatic heterocycles. The Balaban J connectivity index is 2.07. The van der Waals surface area contributed by atoms with Gasteiger partial charge in [0.2, 0.25) is 5.90 Å². The van der Waals surface area contributed by atoms with E-state index in [1.807, 2.05) is 6.07 Å². The SMILES string of the molecule is [O-][Cl+3]([O-])([O-])OC1COC(c2ccccc2)=N1. The molecule has 0 spiro atoms. The van der Waals surface area contributed by atoms with Crippen LogP contribution in [-0.4, -0.2) is 18.7 Å². The zero-order valence-corrected chi connectivity index (χ0v) is 8.79. The topological polar surface area (TPSA) is 100 Å². The molecule has 0 N–H and O–H groups in total. The number of nitrogens with zero attached hydrogens (tertiary/aromatic N) is 1. The second-order valence-corrected chi connectivity index (χ2v) is 3.97. The number of benzene rings is 1. The molecule has 86 valence electrons. The van der Waals surface area contributed by atoms with Crippen LogP contribution in [0.15, 0.2) is 35.3 Å². The summed E-state index contributed by atoms with van der Waals surface area (Å²) in [6.45, 7) is -0.0846. The number of rotatable bonds is 3. The number of hydrogen-bond acceptors (Lipinski definition) is 6. The highest BCUT2D eigenvalue weighted by Crippen LogP contribution is 2.14. The molecule has 1 aliphatic rings. The summed E-state index contributed by atoms with van der Waals surface area (Å²) in [5.74, 6) is 0.268. The van der Waals surface area contributed by atoms with E-state index in [1.54, 1.807) is 24.3 Å². The van der Waals surface area contributed by atoms with Crippen molar-refractivity contribution >= 4 is 5.90 Å². The molecule has 0 saturated heterocycles. The van der Waals surface area contributed by atoms with Crippen LogP contribution in [-0.2, 0) is 9.03 Å². The number of ether oxygens (including phenoxy) is 1. The van der Waals surface area contributed by atoms with E-state index in [4.69, 9.17) is 4.74 Å². The molecule has 0 amide bonds. The van der Waals surface area contributed by atoms with Crippen molar-refractivity contribution in [1.29, 1.82) is 0 Å². The predicted molar refractivity (Wildman–Crippen MR) is 43.8 cm³/mol. The summed E-state index contributed by atoms with van der Waals surface area (Å²) in [6.07, 6.45) is -1.10. The molecule has 1 heterocycles. The molecule has 0 aromatic heterocycles. The van der Waals surface area contributed by atoms with E-state index in [-0.39, 0.29) is 12.5 Å². The Kier molecular flexibility index (Phi) is 3.08. The highest BCUT2D eigenvalue weighted by atomic mass is 35.7. The molecule has 0 radical (unpaired) electrons. The lowest BCUT2D eigenvalue weighted by atomic mass is 10.2. The Hall–Kier alpha value is -1.18. The van der Waals surface area contributed by atoms with Crippen molar-refractivity contribution in [1.82, 2.24) is 0 Å². The van der Waals surface area contributed by atoms with Crippen molar-refractivity contribution in [2.24, 2.45) is 4.99 Å². The van der Waals surface area contributed by atoms with Crippen molar-refractivity contribution in [3.8, 4) is 0 Å². The Morgan fingerprint density at radius 3 is 2.56 bits per heavy atom. The minimum absolute atomic E-state index is 0.0846. The first-order valence-corrected chi connectivity index (χ1v) is 5.63. The number of aliphatic imine (C=N–C) groups is 1. The maximum atomic E-state index is 10.3. The third kappa shape index (κ3) is 2.91. The number of hydrogen-bond donors (Lipinski definition) is 0. The van der Waals surface area contributed by atoms with Gasteiger partial charge in [0.1, 0.15) is 0 Å². The summed E-state index contributed by atoms with van der Waals surface area (Å²) in [5.41, 5.74) is 0.702. The molecule has 1 atom stereocenters. The maximum Gasteiger partial charge on any atom is 0.340 e. The Bertz CT molecular complexity index is 389. The zero-order chi connectivity index (χ0) is 11.6. The van der Waals surface area contributed by atoms with Gasteiger partial charge in [0.25, 0.3) is 0 Å². The van der Waals surface area contributed by atoms with E-state index >= 15 is 0 Å². The molecular formula is C9H8ClNO5. The molecule has 0 aliphatic carbocycles. The van der Waals surface area contributed by atoms with Gasteiger partial charge in [-0.25, -0.2) is 0 Å². The van der Waals surface area contributed by atoms with Crippen LogP contribution >= 0.6 is 0 Å². The Morgan fingerprint density at radius 1 is 1.25 bits per heavy atom. The van der Waals surface area contributed by atoms with Gasteiger partial charge < -0.3 is 4.74 Å². The molecule has 0 fully saturated rings. The van der Waals surface area contributed by atoms with Gasteiger partial charge in [-0.2, -0.15) is 19.0 Å². The molecule has 1 aromatic rings. The van der Waals surface area contributed by atoms with Gasteiger partial charge in [0.15, 0.2) is 6.61 Å². The predicted octanol–water partition coefficient (Wildman–Crippen LogP) is -2.30. The van der Waals surface area contributed by atoms with Crippen LogP contribution in [0.4, 0.5) is 0 Å². The summed E-state index contributed by atoms with van der Waals surface area (Å²) in [7, 11) is -4.48. The van der Waals surface area contributed by atoms with E-state index in [9.17, 15) is 14.0 Å². The quantitative estimate of drug-likeness (QED) is 0.596. The highest BCUT2D eigenvalue weighted by Gasteiger charge is 2.34. The minimum Gasteiger partial charge on any atom is -0.472 e. The first-order valence-electron chi connectivity index (χ1n) is 4.40. The number of halogens is 1. The first-order chi connectivity index (χ1) is 7.54. The molecule has 0 saturated carbocycles. The highest BCUT2D eigenvalue weighted by molar-refractivity contribution is 5.94. The van der Waals surface area contributed by atoms with Gasteiger partial charge in [0, 0.05) is 5.56 Å².